The smallest absolute Gasteiger partial charge is 0.387 e. The summed E-state index contributed by atoms with van der Waals surface area (Å²) in [7, 11) is 1.39. The third kappa shape index (κ3) is 34.7. The van der Waals surface area contributed by atoms with Crippen molar-refractivity contribution in [2.75, 3.05) is 40.9 Å². The Morgan fingerprint density at radius 1 is 0.712 bits per heavy atom. The summed E-state index contributed by atoms with van der Waals surface area (Å²) in [6.45, 7) is 4.51. The summed E-state index contributed by atoms with van der Waals surface area (Å²) in [6.07, 6.45) is 39.7. The van der Waals surface area contributed by atoms with Gasteiger partial charge in [-0.1, -0.05) is 126 Å². The summed E-state index contributed by atoms with van der Waals surface area (Å²) in [5.41, 5.74) is 0. The van der Waals surface area contributed by atoms with Gasteiger partial charge in [0.15, 0.2) is 5.78 Å². The number of quaternary nitrogens is 1. The molecular weight excluding hydrogens is 675 g/mol. The highest BCUT2D eigenvalue weighted by Gasteiger charge is 2.27. The number of likely N-dealkylation sites (N-methyl/N-ethyl adjacent to an activating group) is 1. The van der Waals surface area contributed by atoms with E-state index in [1.165, 1.54) is 63.9 Å². The molecule has 52 heavy (non-hydrogen) atoms. The molecule has 0 radical (unpaired) electrons. The molecule has 0 bridgehead atoms. The van der Waals surface area contributed by atoms with Gasteiger partial charge in [-0.3, -0.25) is 18.6 Å². The summed E-state index contributed by atoms with van der Waals surface area (Å²) in [6, 6.07) is -0.980. The molecule has 0 aromatic carbocycles. The molecule has 0 aliphatic rings. The van der Waals surface area contributed by atoms with E-state index in [2.05, 4.69) is 55.6 Å². The number of hydrogen-bond donors (Lipinski definition) is 3. The van der Waals surface area contributed by atoms with Crippen LogP contribution in [0.25, 0.3) is 0 Å². The Balaban J connectivity index is 4.80. The number of phosphoric acid groups is 1. The van der Waals surface area contributed by atoms with Crippen molar-refractivity contribution in [3.05, 3.63) is 72.9 Å². The van der Waals surface area contributed by atoms with E-state index in [1.807, 2.05) is 39.4 Å². The minimum absolute atomic E-state index is 0.00950. The molecular formula is C42H74N2O7P+. The van der Waals surface area contributed by atoms with Crippen LogP contribution in [0, 0.1) is 0 Å². The Kier molecular flexibility index (Phi) is 31.7. The molecule has 9 nitrogen and oxygen atoms in total. The second-order valence-corrected chi connectivity index (χ2v) is 15.8. The lowest BCUT2D eigenvalue weighted by Crippen LogP contribution is -2.45. The fourth-order valence-corrected chi connectivity index (χ4v) is 5.63. The number of rotatable bonds is 34. The Hall–Kier alpha value is -2.39. The number of phosphoric ester groups is 1. The van der Waals surface area contributed by atoms with Crippen molar-refractivity contribution in [3.63, 3.8) is 0 Å². The number of ketones is 1. The summed E-state index contributed by atoms with van der Waals surface area (Å²) < 4.78 is 23.3. The minimum atomic E-state index is -4.41. The molecule has 298 valence electrons. The molecule has 0 saturated carbocycles. The molecule has 0 aliphatic heterocycles. The lowest BCUT2D eigenvalue weighted by molar-refractivity contribution is -0.870. The third-order valence-corrected chi connectivity index (χ3v) is 9.11. The topological polar surface area (TPSA) is 122 Å². The summed E-state index contributed by atoms with van der Waals surface area (Å²) in [5.74, 6) is -0.478. The molecule has 3 N–H and O–H groups in total. The number of carbonyl (C=O) groups excluding carboxylic acids is 2. The van der Waals surface area contributed by atoms with Gasteiger partial charge in [0.25, 0.3) is 0 Å². The lowest BCUT2D eigenvalue weighted by Gasteiger charge is -2.25. The number of carbonyl (C=O) groups is 2. The molecule has 0 aromatic heterocycles. The molecule has 1 unspecified atom stereocenters. The highest BCUT2D eigenvalue weighted by molar-refractivity contribution is 7.47. The number of unbranched alkanes of at least 4 members (excludes halogenated alkanes) is 10. The van der Waals surface area contributed by atoms with Gasteiger partial charge in [0.2, 0.25) is 5.91 Å². The number of allylic oxidation sites excluding steroid dienone is 11. The first kappa shape index (κ1) is 49.6. The van der Waals surface area contributed by atoms with Gasteiger partial charge in [-0.25, -0.2) is 4.57 Å². The Morgan fingerprint density at radius 2 is 1.29 bits per heavy atom. The number of amides is 1. The Bertz CT molecular complexity index is 1140. The predicted octanol–water partition coefficient (Wildman–Crippen LogP) is 9.64. The maximum atomic E-state index is 12.8. The second-order valence-electron chi connectivity index (χ2n) is 14.3. The van der Waals surface area contributed by atoms with Crippen LogP contribution in [0.3, 0.4) is 0 Å². The molecule has 0 rings (SSSR count). The van der Waals surface area contributed by atoms with Gasteiger partial charge in [0, 0.05) is 12.8 Å². The molecule has 10 heteroatoms. The molecule has 0 spiro atoms. The van der Waals surface area contributed by atoms with Crippen LogP contribution < -0.4 is 5.32 Å². The van der Waals surface area contributed by atoms with Gasteiger partial charge < -0.3 is 19.8 Å². The fraction of sp³-hybridized carbons (Fsp3) is 0.667. The minimum Gasteiger partial charge on any atom is -0.387 e. The SMILES string of the molecule is CCCCC/C=C\C/C=C\C/C=C\C=C\C(=O)CCCC(=O)N[C@@H](COP(=O)(O)OCC[N+](C)(C)C)[C@H](O)/C=C/CC/C=C\CCCCCCCC. The van der Waals surface area contributed by atoms with Crippen molar-refractivity contribution < 1.29 is 37.7 Å². The van der Waals surface area contributed by atoms with Crippen LogP contribution >= 0.6 is 7.82 Å². The highest BCUT2D eigenvalue weighted by Crippen LogP contribution is 2.43. The van der Waals surface area contributed by atoms with E-state index in [4.69, 9.17) is 9.05 Å². The van der Waals surface area contributed by atoms with Crippen LogP contribution in [0.15, 0.2) is 72.9 Å². The van der Waals surface area contributed by atoms with E-state index in [0.717, 1.165) is 32.1 Å². The van der Waals surface area contributed by atoms with Crippen LogP contribution in [0.2, 0.25) is 0 Å². The molecule has 1 amide bonds. The first-order valence-electron chi connectivity index (χ1n) is 19.8. The number of nitrogens with one attached hydrogen (secondary N) is 1. The molecule has 0 saturated heterocycles. The lowest BCUT2D eigenvalue weighted by atomic mass is 10.1. The molecule has 0 fully saturated rings. The van der Waals surface area contributed by atoms with Crippen molar-refractivity contribution >= 4 is 19.5 Å². The van der Waals surface area contributed by atoms with Gasteiger partial charge in [-0.05, 0) is 63.9 Å². The quantitative estimate of drug-likeness (QED) is 0.0150. The Labute approximate surface area is 317 Å². The van der Waals surface area contributed by atoms with Crippen molar-refractivity contribution in [3.8, 4) is 0 Å². The zero-order valence-electron chi connectivity index (χ0n) is 33.3. The van der Waals surface area contributed by atoms with Crippen LogP contribution in [0.5, 0.6) is 0 Å². The molecule has 0 aliphatic carbocycles. The Morgan fingerprint density at radius 3 is 2.00 bits per heavy atom. The van der Waals surface area contributed by atoms with E-state index in [1.54, 1.807) is 12.2 Å². The van der Waals surface area contributed by atoms with Crippen LogP contribution in [0.1, 0.15) is 129 Å². The van der Waals surface area contributed by atoms with Crippen molar-refractivity contribution in [1.82, 2.24) is 5.32 Å². The van der Waals surface area contributed by atoms with Gasteiger partial charge in [0.05, 0.1) is 39.9 Å². The fourth-order valence-electron chi connectivity index (χ4n) is 4.89. The largest absolute Gasteiger partial charge is 0.472 e. The van der Waals surface area contributed by atoms with E-state index >= 15 is 0 Å². The number of aliphatic hydroxyl groups excluding tert-OH is 1. The maximum absolute atomic E-state index is 12.8. The zero-order valence-corrected chi connectivity index (χ0v) is 34.2. The third-order valence-electron chi connectivity index (χ3n) is 8.13. The first-order valence-corrected chi connectivity index (χ1v) is 21.3. The molecule has 0 heterocycles. The van der Waals surface area contributed by atoms with Crippen molar-refractivity contribution in [2.24, 2.45) is 0 Å². The van der Waals surface area contributed by atoms with Gasteiger partial charge in [-0.2, -0.15) is 0 Å². The van der Waals surface area contributed by atoms with Crippen LogP contribution in [-0.2, 0) is 23.2 Å². The van der Waals surface area contributed by atoms with Gasteiger partial charge >= 0.3 is 7.82 Å². The maximum Gasteiger partial charge on any atom is 0.472 e. The zero-order chi connectivity index (χ0) is 38.8. The first-order chi connectivity index (χ1) is 24.9. The number of aliphatic hydroxyl groups is 1. The monoisotopic (exact) mass is 750 g/mol. The summed E-state index contributed by atoms with van der Waals surface area (Å²) in [4.78, 5) is 35.3. The predicted molar refractivity (Wildman–Crippen MR) is 217 cm³/mol. The van der Waals surface area contributed by atoms with E-state index < -0.39 is 32.5 Å². The van der Waals surface area contributed by atoms with Crippen molar-refractivity contribution in [2.45, 2.75) is 142 Å². The molecule has 3 atom stereocenters. The number of nitrogens with zero attached hydrogens (tertiary/aromatic N) is 1. The molecule has 0 aromatic rings. The van der Waals surface area contributed by atoms with E-state index in [0.29, 0.717) is 23.9 Å². The normalized spacial score (nSPS) is 15.2. The van der Waals surface area contributed by atoms with E-state index in [-0.39, 0.29) is 25.2 Å². The second kappa shape index (κ2) is 33.2. The standard InChI is InChI=1S/C42H73N2O7P/c1-6-8-10-12-14-16-18-20-21-23-25-27-29-32-39(45)33-31-35-42(47)43-40(38-51-52(48,49)50-37-36-44(3,4)5)41(46)34-30-28-26-24-22-19-17-15-13-11-9-7-2/h14,16,20-22,24-25,27,29-30,32,34,40-41,46H,6-13,15,17-19,23,26,28,31,33,35-38H2,1-5H3,(H-,43,47,48,49)/p+1/b16-14-,21-20-,24-22-,27-25-,32-29+,34-30+/t40-,41+/m0/s1. The van der Waals surface area contributed by atoms with Crippen LogP contribution in [0.4, 0.5) is 0 Å². The van der Waals surface area contributed by atoms with Gasteiger partial charge in [-0.15, -0.1) is 0 Å². The van der Waals surface area contributed by atoms with Crippen molar-refractivity contribution in [1.29, 1.82) is 0 Å². The summed E-state index contributed by atoms with van der Waals surface area (Å²) in [5, 5.41) is 13.6. The highest BCUT2D eigenvalue weighted by atomic mass is 31.2. The average molecular weight is 750 g/mol. The van der Waals surface area contributed by atoms with Gasteiger partial charge in [0.1, 0.15) is 13.2 Å². The average Bonchev–Trinajstić information content (AvgIpc) is 3.08. The number of hydrogen-bond acceptors (Lipinski definition) is 6. The van der Waals surface area contributed by atoms with E-state index in [9.17, 15) is 24.2 Å². The summed E-state index contributed by atoms with van der Waals surface area (Å²) >= 11 is 0. The van der Waals surface area contributed by atoms with Crippen LogP contribution in [-0.4, -0.2) is 79.2 Å².